The number of pyridine rings is 1. The van der Waals surface area contributed by atoms with E-state index in [9.17, 15) is 18.0 Å². The Morgan fingerprint density at radius 1 is 1.15 bits per heavy atom. The minimum atomic E-state index is -4.37. The van der Waals surface area contributed by atoms with E-state index in [4.69, 9.17) is 9.47 Å². The van der Waals surface area contributed by atoms with Crippen LogP contribution in [0.2, 0.25) is 0 Å². The number of ether oxygens (including phenoxy) is 2. The molecule has 11 heteroatoms. The molecule has 3 saturated heterocycles. The van der Waals surface area contributed by atoms with Crippen molar-refractivity contribution in [3.63, 3.8) is 0 Å². The van der Waals surface area contributed by atoms with Crippen molar-refractivity contribution >= 4 is 17.2 Å². The Balaban J connectivity index is 1.09. The van der Waals surface area contributed by atoms with Gasteiger partial charge in [0.05, 0.1) is 48.0 Å². The van der Waals surface area contributed by atoms with Gasteiger partial charge in [0.1, 0.15) is 4.88 Å². The summed E-state index contributed by atoms with van der Waals surface area (Å²) in [5.41, 5.74) is 2.89. The molecular weight excluding hydrogens is 541 g/mol. The molecule has 3 fully saturated rings. The number of rotatable bonds is 8. The number of nitrogens with zero attached hydrogens (tertiary/aromatic N) is 4. The molecule has 3 aromatic rings. The largest absolute Gasteiger partial charge is 0.416 e. The maximum atomic E-state index is 13.1. The third-order valence-corrected chi connectivity index (χ3v) is 8.95. The van der Waals surface area contributed by atoms with Gasteiger partial charge in [-0.15, -0.1) is 11.3 Å². The van der Waals surface area contributed by atoms with Crippen molar-refractivity contribution < 1.29 is 27.4 Å². The van der Waals surface area contributed by atoms with Crippen LogP contribution in [0.3, 0.4) is 0 Å². The van der Waals surface area contributed by atoms with Gasteiger partial charge in [-0.2, -0.15) is 13.2 Å². The highest BCUT2D eigenvalue weighted by Crippen LogP contribution is 2.45. The average molecular weight is 573 g/mol. The van der Waals surface area contributed by atoms with Gasteiger partial charge in [-0.05, 0) is 37.1 Å². The second kappa shape index (κ2) is 11.2. The van der Waals surface area contributed by atoms with Gasteiger partial charge in [-0.3, -0.25) is 19.7 Å². The van der Waals surface area contributed by atoms with Crippen molar-refractivity contribution in [3.8, 4) is 11.3 Å². The lowest BCUT2D eigenvalue weighted by Gasteiger charge is -2.51. The van der Waals surface area contributed by atoms with E-state index in [1.165, 1.54) is 23.5 Å². The van der Waals surface area contributed by atoms with Crippen molar-refractivity contribution in [2.75, 3.05) is 45.9 Å². The van der Waals surface area contributed by atoms with E-state index >= 15 is 0 Å². The van der Waals surface area contributed by atoms with E-state index in [0.717, 1.165) is 51.2 Å². The van der Waals surface area contributed by atoms with E-state index in [-0.39, 0.29) is 23.8 Å². The minimum absolute atomic E-state index is 0.0194. The van der Waals surface area contributed by atoms with Crippen LogP contribution in [0.15, 0.2) is 54.2 Å². The molecule has 7 nitrogen and oxygen atoms in total. The van der Waals surface area contributed by atoms with Gasteiger partial charge in [0, 0.05) is 56.2 Å². The topological polar surface area (TPSA) is 67.8 Å². The predicted octanol–water partition coefficient (Wildman–Crippen LogP) is 4.99. The zero-order valence-electron chi connectivity index (χ0n) is 22.0. The normalized spacial score (nSPS) is 22.6. The Hall–Kier alpha value is -2.86. The first-order valence-electron chi connectivity index (χ1n) is 13.5. The number of hydrogen-bond donors (Lipinski definition) is 0. The number of amides is 1. The van der Waals surface area contributed by atoms with Crippen molar-refractivity contribution in [2.45, 2.75) is 31.7 Å². The number of carbonyl (C=O) groups is 1. The molecule has 0 N–H and O–H groups in total. The van der Waals surface area contributed by atoms with Gasteiger partial charge in [0.2, 0.25) is 0 Å². The van der Waals surface area contributed by atoms with Crippen LogP contribution in [0.25, 0.3) is 11.3 Å². The fourth-order valence-electron chi connectivity index (χ4n) is 6.16. The molecule has 1 amide bonds. The third-order valence-electron chi connectivity index (χ3n) is 8.19. The van der Waals surface area contributed by atoms with Crippen LogP contribution in [0.4, 0.5) is 13.2 Å². The van der Waals surface area contributed by atoms with Crippen molar-refractivity contribution in [2.24, 2.45) is 11.3 Å². The molecule has 40 heavy (non-hydrogen) atoms. The summed E-state index contributed by atoms with van der Waals surface area (Å²) >= 11 is 1.36. The molecule has 0 radical (unpaired) electrons. The number of likely N-dealkylation sites (tertiary alicyclic amines) is 2. The molecule has 0 aliphatic carbocycles. The number of hydrogen-bond acceptors (Lipinski definition) is 7. The SMILES string of the molecule is O=C(c1cncs1)N1C[C@@H](COCc2cccc(-c3ccc(C(F)(F)F)cc3)n2)C2(CN(CC3CCCO3)C2)C1. The van der Waals surface area contributed by atoms with E-state index in [2.05, 4.69) is 14.9 Å². The summed E-state index contributed by atoms with van der Waals surface area (Å²) in [6.07, 6.45) is -0.229. The summed E-state index contributed by atoms with van der Waals surface area (Å²) in [6.45, 7) is 5.69. The van der Waals surface area contributed by atoms with Crippen molar-refractivity contribution in [1.82, 2.24) is 19.8 Å². The Labute approximate surface area is 234 Å². The van der Waals surface area contributed by atoms with Gasteiger partial charge in [-0.1, -0.05) is 18.2 Å². The summed E-state index contributed by atoms with van der Waals surface area (Å²) in [7, 11) is 0. The summed E-state index contributed by atoms with van der Waals surface area (Å²) in [6, 6.07) is 10.5. The second-order valence-corrected chi connectivity index (χ2v) is 11.9. The summed E-state index contributed by atoms with van der Waals surface area (Å²) < 4.78 is 50.8. The van der Waals surface area contributed by atoms with Crippen LogP contribution >= 0.6 is 11.3 Å². The highest BCUT2D eigenvalue weighted by Gasteiger charge is 2.55. The smallest absolute Gasteiger partial charge is 0.377 e. The Kier molecular flexibility index (Phi) is 7.64. The van der Waals surface area contributed by atoms with Crippen LogP contribution in [-0.4, -0.2) is 77.7 Å². The Morgan fingerprint density at radius 3 is 2.67 bits per heavy atom. The van der Waals surface area contributed by atoms with Crippen LogP contribution in [0.5, 0.6) is 0 Å². The van der Waals surface area contributed by atoms with Gasteiger partial charge >= 0.3 is 6.18 Å². The molecule has 3 aliphatic rings. The van der Waals surface area contributed by atoms with Crippen LogP contribution in [0, 0.1) is 11.3 Å². The van der Waals surface area contributed by atoms with Crippen molar-refractivity contribution in [3.05, 3.63) is 70.3 Å². The predicted molar refractivity (Wildman–Crippen MR) is 144 cm³/mol. The minimum Gasteiger partial charge on any atom is -0.377 e. The molecule has 3 aliphatic heterocycles. The zero-order valence-corrected chi connectivity index (χ0v) is 22.8. The second-order valence-electron chi connectivity index (χ2n) is 11.0. The lowest BCUT2D eigenvalue weighted by molar-refractivity contribution is -0.137. The summed E-state index contributed by atoms with van der Waals surface area (Å²) in [4.78, 5) is 26.8. The Bertz CT molecular complexity index is 1310. The number of benzene rings is 1. The van der Waals surface area contributed by atoms with E-state index < -0.39 is 11.7 Å². The van der Waals surface area contributed by atoms with Crippen molar-refractivity contribution in [1.29, 1.82) is 0 Å². The van der Waals surface area contributed by atoms with E-state index in [1.54, 1.807) is 17.8 Å². The maximum absolute atomic E-state index is 13.1. The van der Waals surface area contributed by atoms with Crippen LogP contribution in [-0.2, 0) is 22.3 Å². The summed E-state index contributed by atoms with van der Waals surface area (Å²) in [5, 5.41) is 0. The number of carbonyl (C=O) groups excluding carboxylic acids is 1. The standard InChI is InChI=1S/C29H31F3N4O3S/c30-29(31,32)21-8-6-20(7-9-21)25-5-1-3-23(34-25)15-38-14-22-12-36(27(37)26-11-33-19-40-26)18-28(22)16-35(17-28)13-24-4-2-10-39-24/h1,3,5-9,11,19,22,24H,2,4,10,12-18H2/t22-,24?/m0/s1. The lowest BCUT2D eigenvalue weighted by Crippen LogP contribution is -2.62. The first kappa shape index (κ1) is 27.3. The number of halogens is 3. The molecule has 0 saturated carbocycles. The number of thiazole rings is 1. The molecule has 6 rings (SSSR count). The van der Waals surface area contributed by atoms with E-state index in [0.29, 0.717) is 47.6 Å². The highest BCUT2D eigenvalue weighted by atomic mass is 32.1. The van der Waals surface area contributed by atoms with Gasteiger partial charge < -0.3 is 14.4 Å². The molecule has 1 spiro atoms. The van der Waals surface area contributed by atoms with Crippen LogP contribution < -0.4 is 0 Å². The van der Waals surface area contributed by atoms with Gasteiger partial charge in [-0.25, -0.2) is 0 Å². The number of alkyl halides is 3. The molecule has 212 valence electrons. The fraction of sp³-hybridized carbons (Fsp3) is 0.483. The fourth-order valence-corrected chi connectivity index (χ4v) is 6.75. The molecule has 1 unspecified atom stereocenters. The van der Waals surface area contributed by atoms with E-state index in [1.807, 2.05) is 17.0 Å². The quantitative estimate of drug-likeness (QED) is 0.379. The number of aromatic nitrogens is 2. The maximum Gasteiger partial charge on any atom is 0.416 e. The van der Waals surface area contributed by atoms with Crippen LogP contribution in [0.1, 0.15) is 33.8 Å². The highest BCUT2D eigenvalue weighted by molar-refractivity contribution is 7.11. The monoisotopic (exact) mass is 572 g/mol. The average Bonchev–Trinajstić information content (AvgIpc) is 3.70. The molecule has 1 aromatic carbocycles. The third kappa shape index (κ3) is 5.79. The first-order chi connectivity index (χ1) is 19.3. The molecule has 2 aromatic heterocycles. The molecular formula is C29H31F3N4O3S. The van der Waals surface area contributed by atoms with Gasteiger partial charge in [0.25, 0.3) is 5.91 Å². The zero-order chi connectivity index (χ0) is 27.7. The summed E-state index contributed by atoms with van der Waals surface area (Å²) in [5.74, 6) is 0.205. The molecule has 5 heterocycles. The van der Waals surface area contributed by atoms with Gasteiger partial charge in [0.15, 0.2) is 0 Å². The molecule has 2 atom stereocenters. The Morgan fingerprint density at radius 2 is 1.98 bits per heavy atom. The first-order valence-corrected chi connectivity index (χ1v) is 14.4. The lowest BCUT2D eigenvalue weighted by atomic mass is 9.71. The molecule has 0 bridgehead atoms.